The van der Waals surface area contributed by atoms with Gasteiger partial charge in [-0.05, 0) is 92.1 Å². The number of benzene rings is 4. The zero-order valence-corrected chi connectivity index (χ0v) is 37.1. The molecule has 9 rings (SSSR count). The lowest BCUT2D eigenvalue weighted by Gasteiger charge is -2.34. The highest BCUT2D eigenvalue weighted by atomic mass is 35.5. The predicted molar refractivity (Wildman–Crippen MR) is 246 cm³/mol. The van der Waals surface area contributed by atoms with Crippen molar-refractivity contribution in [2.24, 2.45) is 9.98 Å². The predicted octanol–water partition coefficient (Wildman–Crippen LogP) is 9.06. The van der Waals surface area contributed by atoms with Crippen molar-refractivity contribution < 1.29 is 42.4 Å². The molecule has 1 N–H and O–H groups in total. The maximum absolute atomic E-state index is 14.2. The van der Waals surface area contributed by atoms with Crippen LogP contribution in [0.15, 0.2) is 106 Å². The fourth-order valence-electron chi connectivity index (χ4n) is 7.64. The van der Waals surface area contributed by atoms with Gasteiger partial charge in [0.25, 0.3) is 0 Å². The fourth-order valence-corrected chi connectivity index (χ4v) is 8.22. The number of hydrogen-bond acceptors (Lipinski definition) is 12. The van der Waals surface area contributed by atoms with E-state index < -0.39 is 24.0 Å². The van der Waals surface area contributed by atoms with Crippen molar-refractivity contribution in [2.45, 2.75) is 31.8 Å². The van der Waals surface area contributed by atoms with E-state index in [4.69, 9.17) is 56.3 Å². The first-order valence-corrected chi connectivity index (χ1v) is 21.5. The van der Waals surface area contributed by atoms with Gasteiger partial charge in [-0.25, -0.2) is 24.1 Å². The van der Waals surface area contributed by atoms with Crippen LogP contribution < -0.4 is 18.9 Å². The normalized spacial score (nSPS) is 17.2. The Balaban J connectivity index is 1.20. The van der Waals surface area contributed by atoms with Crippen LogP contribution in [0.4, 0.5) is 10.3 Å². The van der Waals surface area contributed by atoms with E-state index >= 15 is 0 Å². The van der Waals surface area contributed by atoms with E-state index in [1.807, 2.05) is 24.3 Å². The Morgan fingerprint density at radius 1 is 1.00 bits per heavy atom. The topological polar surface area (TPSA) is 154 Å². The Morgan fingerprint density at radius 2 is 1.77 bits per heavy atom. The molecule has 14 nitrogen and oxygen atoms in total. The number of aliphatic carboxylic acids is 1. The number of carboxylic acid groups (broad SMARTS) is 1. The van der Waals surface area contributed by atoms with E-state index in [9.17, 15) is 14.3 Å². The SMILES string of the molecule is C=N/C=N\c1oc(-c2ccc(F)cc2)c2c1CO[C@@H](C(=O)O)Cc1cc(ccc1OCc1ccnc(-c3ccccc3OC)n1)OC[C@@H](CN1CCN(C)CC1)Oc1c(Cl)cc-2cc1Cl. The van der Waals surface area contributed by atoms with Gasteiger partial charge in [0.2, 0.25) is 5.88 Å². The summed E-state index contributed by atoms with van der Waals surface area (Å²) in [4.78, 5) is 35.0. The summed E-state index contributed by atoms with van der Waals surface area (Å²) in [5.74, 6) is 0.770. The van der Waals surface area contributed by atoms with Gasteiger partial charge in [-0.2, -0.15) is 0 Å². The van der Waals surface area contributed by atoms with Gasteiger partial charge >= 0.3 is 5.97 Å². The first-order chi connectivity index (χ1) is 31.6. The molecule has 65 heavy (non-hydrogen) atoms. The number of likely N-dealkylation sites (N-methyl/N-ethyl adjacent to an activating group) is 1. The summed E-state index contributed by atoms with van der Waals surface area (Å²) in [5, 5.41) is 11.1. The van der Waals surface area contributed by atoms with E-state index in [1.54, 1.807) is 61.8 Å². The number of methoxy groups -OCH3 is 1. The van der Waals surface area contributed by atoms with Crippen LogP contribution in [0.25, 0.3) is 33.8 Å². The van der Waals surface area contributed by atoms with Gasteiger partial charge in [0, 0.05) is 62.0 Å². The Morgan fingerprint density at radius 3 is 2.51 bits per heavy atom. The molecule has 5 heterocycles. The monoisotopic (exact) mass is 922 g/mol. The first kappa shape index (κ1) is 45.2. The van der Waals surface area contributed by atoms with Gasteiger partial charge in [-0.1, -0.05) is 35.3 Å². The second-order valence-corrected chi connectivity index (χ2v) is 16.2. The maximum atomic E-state index is 14.2. The van der Waals surface area contributed by atoms with Crippen molar-refractivity contribution in [1.82, 2.24) is 19.8 Å². The molecule has 336 valence electrons. The van der Waals surface area contributed by atoms with Crippen molar-refractivity contribution in [3.05, 3.63) is 124 Å². The lowest BCUT2D eigenvalue weighted by molar-refractivity contribution is -0.151. The van der Waals surface area contributed by atoms with E-state index in [2.05, 4.69) is 38.5 Å². The van der Waals surface area contributed by atoms with Crippen LogP contribution in [0.1, 0.15) is 16.8 Å². The third-order valence-electron chi connectivity index (χ3n) is 11.0. The Bertz CT molecular complexity index is 2670. The highest BCUT2D eigenvalue weighted by Gasteiger charge is 2.30. The molecule has 3 aliphatic heterocycles. The third-order valence-corrected chi connectivity index (χ3v) is 11.6. The first-order valence-electron chi connectivity index (χ1n) is 20.7. The average molecular weight is 924 g/mol. The number of aliphatic imine (C=N–C) groups is 2. The number of carboxylic acids is 1. The summed E-state index contributed by atoms with van der Waals surface area (Å²) < 4.78 is 51.9. The molecule has 2 atom stereocenters. The molecule has 0 unspecified atom stereocenters. The van der Waals surface area contributed by atoms with Crippen LogP contribution in [0.3, 0.4) is 0 Å². The van der Waals surface area contributed by atoms with E-state index in [0.29, 0.717) is 68.7 Å². The molecule has 3 aliphatic rings. The number of piperazine rings is 1. The van der Waals surface area contributed by atoms with Gasteiger partial charge in [-0.3, -0.25) is 9.89 Å². The highest BCUT2D eigenvalue weighted by Crippen LogP contribution is 2.47. The molecular formula is C48H45Cl2FN6O8. The zero-order chi connectivity index (χ0) is 45.5. The number of para-hydroxylation sites is 1. The smallest absolute Gasteiger partial charge is 0.333 e. The van der Waals surface area contributed by atoms with E-state index in [1.165, 1.54) is 18.5 Å². The number of fused-ring (bicyclic) bond motifs is 8. The Kier molecular flexibility index (Phi) is 14.4. The molecule has 1 fully saturated rings. The molecule has 0 amide bonds. The zero-order valence-electron chi connectivity index (χ0n) is 35.6. The summed E-state index contributed by atoms with van der Waals surface area (Å²) in [5.41, 5.74) is 3.52. The highest BCUT2D eigenvalue weighted by molar-refractivity contribution is 6.37. The minimum Gasteiger partial charge on any atom is -0.496 e. The van der Waals surface area contributed by atoms with Crippen LogP contribution in [0.5, 0.6) is 23.0 Å². The number of hydrogen-bond donors (Lipinski definition) is 1. The summed E-state index contributed by atoms with van der Waals surface area (Å²) in [6.07, 6.45) is 0.713. The minimum atomic E-state index is -1.42. The Labute approximate surface area is 384 Å². The van der Waals surface area contributed by atoms with Gasteiger partial charge in [0.05, 0.1) is 40.6 Å². The standard InChI is InChI=1S/C48H45Cl2FN6O8/c1-52-28-54-47-37-27-63-42(48(58)59)23-30-20-34(12-13-40(30)62-25-33-14-15-53-46(55-33)36-6-4-5-7-41(36)60-3)61-26-35(24-57-18-16-56(2)17-19-57)64-45-38(49)21-31(22-39(45)50)43(37)44(65-47)29-8-10-32(51)11-9-29/h4-15,20-22,28,35,42H,1,16-19,23-27H2,2-3H3,(H,58,59)/b54-28-/t35-,42-/m1/s1. The average Bonchev–Trinajstić information content (AvgIpc) is 3.68. The third kappa shape index (κ3) is 10.8. The van der Waals surface area contributed by atoms with Crippen molar-refractivity contribution in [2.75, 3.05) is 53.5 Å². The molecule has 4 bridgehead atoms. The van der Waals surface area contributed by atoms with Gasteiger partial charge in [-0.15, -0.1) is 0 Å². The molecular weight excluding hydrogens is 878 g/mol. The molecule has 4 aromatic carbocycles. The lowest BCUT2D eigenvalue weighted by Crippen LogP contribution is -2.49. The number of carbonyl (C=O) groups is 1. The molecule has 0 radical (unpaired) electrons. The summed E-state index contributed by atoms with van der Waals surface area (Å²) in [6, 6.07) is 23.4. The van der Waals surface area contributed by atoms with E-state index in [-0.39, 0.29) is 53.7 Å². The van der Waals surface area contributed by atoms with Crippen LogP contribution in [0, 0.1) is 5.82 Å². The van der Waals surface area contributed by atoms with E-state index in [0.717, 1.165) is 26.2 Å². The number of halogens is 3. The van der Waals surface area contributed by atoms with Crippen molar-refractivity contribution in [3.8, 4) is 56.8 Å². The van der Waals surface area contributed by atoms with Crippen molar-refractivity contribution >= 4 is 48.1 Å². The molecule has 0 spiro atoms. The molecule has 2 aromatic heterocycles. The second-order valence-electron chi connectivity index (χ2n) is 15.4. The number of ether oxygens (including phenoxy) is 5. The minimum absolute atomic E-state index is 0.0272. The molecule has 17 heteroatoms. The number of rotatable bonds is 11. The quantitative estimate of drug-likeness (QED) is 0.0975. The maximum Gasteiger partial charge on any atom is 0.333 e. The molecule has 6 aromatic rings. The molecule has 0 saturated carbocycles. The second kappa shape index (κ2) is 20.6. The number of furan rings is 1. The molecule has 1 saturated heterocycles. The Hall–Kier alpha value is -6.36. The largest absolute Gasteiger partial charge is 0.496 e. The summed E-state index contributed by atoms with van der Waals surface area (Å²) in [7, 11) is 3.67. The van der Waals surface area contributed by atoms with Gasteiger partial charge < -0.3 is 38.1 Å². The summed E-state index contributed by atoms with van der Waals surface area (Å²) in [6.45, 7) is 7.20. The van der Waals surface area contributed by atoms with Crippen LogP contribution >= 0.6 is 23.2 Å². The fraction of sp³-hybridized carbons (Fsp3) is 0.271. The number of nitrogens with zero attached hydrogens (tertiary/aromatic N) is 6. The van der Waals surface area contributed by atoms with Crippen LogP contribution in [0.2, 0.25) is 10.0 Å². The molecule has 0 aliphatic carbocycles. The van der Waals surface area contributed by atoms with Crippen LogP contribution in [-0.2, 0) is 29.2 Å². The van der Waals surface area contributed by atoms with Gasteiger partial charge in [0.1, 0.15) is 54.5 Å². The van der Waals surface area contributed by atoms with Crippen LogP contribution in [-0.4, -0.2) is 110 Å². The van der Waals surface area contributed by atoms with Crippen molar-refractivity contribution in [3.63, 3.8) is 0 Å². The van der Waals surface area contributed by atoms with Crippen molar-refractivity contribution in [1.29, 1.82) is 0 Å². The number of aromatic nitrogens is 2. The lowest BCUT2D eigenvalue weighted by atomic mass is 9.97. The summed E-state index contributed by atoms with van der Waals surface area (Å²) >= 11 is 14.1. The van der Waals surface area contributed by atoms with Gasteiger partial charge in [0.15, 0.2) is 17.7 Å².